The third-order valence-corrected chi connectivity index (χ3v) is 4.29. The van der Waals surface area contributed by atoms with Gasteiger partial charge >= 0.3 is 6.09 Å². The van der Waals surface area contributed by atoms with Crippen molar-refractivity contribution in [2.24, 2.45) is 0 Å². The van der Waals surface area contributed by atoms with Crippen molar-refractivity contribution in [1.82, 2.24) is 4.90 Å². The normalized spacial score (nSPS) is 19.0. The molecule has 0 saturated heterocycles. The molecule has 1 aliphatic heterocycles. The Morgan fingerprint density at radius 3 is 2.77 bits per heavy atom. The van der Waals surface area contributed by atoms with Gasteiger partial charge in [-0.1, -0.05) is 0 Å². The fourth-order valence-corrected chi connectivity index (χ4v) is 3.39. The van der Waals surface area contributed by atoms with Gasteiger partial charge in [-0.05, 0) is 30.5 Å². The highest BCUT2D eigenvalue weighted by Gasteiger charge is 2.43. The Morgan fingerprint density at radius 2 is 2.14 bits per heavy atom. The van der Waals surface area contributed by atoms with Crippen LogP contribution in [-0.2, 0) is 11.2 Å². The molecule has 2 aliphatic rings. The molecule has 1 amide bonds. The zero-order valence-electron chi connectivity index (χ0n) is 13.0. The maximum Gasteiger partial charge on any atom is 0.410 e. The second-order valence-electron chi connectivity index (χ2n) is 5.35. The summed E-state index contributed by atoms with van der Waals surface area (Å²) >= 11 is 0. The summed E-state index contributed by atoms with van der Waals surface area (Å²) < 4.78 is 15.8. The van der Waals surface area contributed by atoms with Crippen LogP contribution >= 0.6 is 0 Å². The fourth-order valence-electron chi connectivity index (χ4n) is 3.39. The van der Waals surface area contributed by atoms with E-state index in [1.165, 1.54) is 7.11 Å². The van der Waals surface area contributed by atoms with Gasteiger partial charge in [0.05, 0.1) is 32.4 Å². The number of Topliss-reactive ketones (excluding diaryl/α,β-unsaturated/α-hetero) is 1. The maximum absolute atomic E-state index is 12.5. The summed E-state index contributed by atoms with van der Waals surface area (Å²) in [6.45, 7) is 2.63. The second-order valence-corrected chi connectivity index (χ2v) is 5.35. The van der Waals surface area contributed by atoms with Crippen LogP contribution in [-0.4, -0.2) is 44.1 Å². The van der Waals surface area contributed by atoms with Crippen LogP contribution in [0.15, 0.2) is 6.07 Å². The Labute approximate surface area is 128 Å². The molecular formula is C16H19NO5. The Balaban J connectivity index is 2.11. The van der Waals surface area contributed by atoms with E-state index in [4.69, 9.17) is 14.2 Å². The average molecular weight is 305 g/mol. The minimum absolute atomic E-state index is 0.0202. The first kappa shape index (κ1) is 14.7. The minimum atomic E-state index is -0.367. The molecule has 22 heavy (non-hydrogen) atoms. The number of hydrogen-bond donors (Lipinski definition) is 0. The number of amides is 1. The Kier molecular flexibility index (Phi) is 3.68. The molecule has 1 aromatic carbocycles. The number of hydrogen-bond acceptors (Lipinski definition) is 5. The van der Waals surface area contributed by atoms with E-state index in [-0.39, 0.29) is 24.3 Å². The molecule has 0 spiro atoms. The van der Waals surface area contributed by atoms with Crippen LogP contribution in [0.5, 0.6) is 11.5 Å². The molecule has 3 rings (SSSR count). The number of nitrogens with zero attached hydrogens (tertiary/aromatic N) is 1. The van der Waals surface area contributed by atoms with Crippen LogP contribution in [0, 0.1) is 0 Å². The van der Waals surface area contributed by atoms with E-state index in [0.717, 1.165) is 11.1 Å². The molecule has 118 valence electrons. The number of rotatable bonds is 3. The van der Waals surface area contributed by atoms with Gasteiger partial charge in [0.1, 0.15) is 0 Å². The standard InChI is InChI=1S/C16H19NO5/c1-4-22-16(19)17-6-5-9-7-12(20-2)15(21-3)14-11(18)8-10(17)13(9)14/h7,10H,4-6,8H2,1-3H3. The van der Waals surface area contributed by atoms with Crippen molar-refractivity contribution in [1.29, 1.82) is 0 Å². The van der Waals surface area contributed by atoms with Crippen molar-refractivity contribution >= 4 is 11.9 Å². The lowest BCUT2D eigenvalue weighted by Gasteiger charge is -2.34. The number of benzene rings is 1. The molecule has 1 heterocycles. The lowest BCUT2D eigenvalue weighted by atomic mass is 9.92. The molecule has 0 radical (unpaired) electrons. The second kappa shape index (κ2) is 5.51. The molecule has 1 aromatic rings. The van der Waals surface area contributed by atoms with Crippen molar-refractivity contribution in [3.8, 4) is 11.5 Å². The van der Waals surface area contributed by atoms with E-state index in [1.54, 1.807) is 18.9 Å². The van der Waals surface area contributed by atoms with Crippen LogP contribution in [0.2, 0.25) is 0 Å². The zero-order valence-corrected chi connectivity index (χ0v) is 13.0. The van der Waals surface area contributed by atoms with E-state index in [1.807, 2.05) is 6.07 Å². The zero-order chi connectivity index (χ0) is 15.9. The van der Waals surface area contributed by atoms with Crippen molar-refractivity contribution in [2.75, 3.05) is 27.4 Å². The summed E-state index contributed by atoms with van der Waals surface area (Å²) in [5.74, 6) is 1.00. The van der Waals surface area contributed by atoms with Gasteiger partial charge in [0, 0.05) is 13.0 Å². The summed E-state index contributed by atoms with van der Waals surface area (Å²) in [4.78, 5) is 26.2. The molecule has 1 unspecified atom stereocenters. The summed E-state index contributed by atoms with van der Waals surface area (Å²) in [5, 5.41) is 0. The van der Waals surface area contributed by atoms with Crippen molar-refractivity contribution < 1.29 is 23.8 Å². The molecule has 6 nitrogen and oxygen atoms in total. The number of methoxy groups -OCH3 is 2. The van der Waals surface area contributed by atoms with Gasteiger partial charge in [-0.3, -0.25) is 4.79 Å². The summed E-state index contributed by atoms with van der Waals surface area (Å²) in [5.41, 5.74) is 2.49. The molecule has 1 aliphatic carbocycles. The van der Waals surface area contributed by atoms with Gasteiger partial charge in [-0.25, -0.2) is 4.79 Å². The molecule has 1 atom stereocenters. The van der Waals surface area contributed by atoms with Crippen molar-refractivity contribution in [3.63, 3.8) is 0 Å². The summed E-state index contributed by atoms with van der Waals surface area (Å²) in [6.07, 6.45) is 0.573. The Hall–Kier alpha value is -2.24. The van der Waals surface area contributed by atoms with Gasteiger partial charge < -0.3 is 19.1 Å². The third-order valence-electron chi connectivity index (χ3n) is 4.29. The SMILES string of the molecule is CCOC(=O)N1CCc2cc(OC)c(OC)c3c2C1CC3=O. The van der Waals surface area contributed by atoms with Crippen LogP contribution in [0.25, 0.3) is 0 Å². The first-order valence-electron chi connectivity index (χ1n) is 7.36. The molecule has 0 aromatic heterocycles. The smallest absolute Gasteiger partial charge is 0.410 e. The van der Waals surface area contributed by atoms with E-state index in [2.05, 4.69) is 0 Å². The molecule has 0 N–H and O–H groups in total. The number of ketones is 1. The highest BCUT2D eigenvalue weighted by atomic mass is 16.6. The van der Waals surface area contributed by atoms with E-state index in [9.17, 15) is 9.59 Å². The lowest BCUT2D eigenvalue weighted by molar-refractivity contribution is 0.0816. The Morgan fingerprint density at radius 1 is 1.36 bits per heavy atom. The van der Waals surface area contributed by atoms with E-state index >= 15 is 0 Å². The van der Waals surface area contributed by atoms with Crippen molar-refractivity contribution in [2.45, 2.75) is 25.8 Å². The van der Waals surface area contributed by atoms with Gasteiger partial charge in [-0.2, -0.15) is 0 Å². The first-order chi connectivity index (χ1) is 10.6. The van der Waals surface area contributed by atoms with Gasteiger partial charge in [0.25, 0.3) is 0 Å². The van der Waals surface area contributed by atoms with E-state index < -0.39 is 0 Å². The lowest BCUT2D eigenvalue weighted by Crippen LogP contribution is -2.39. The predicted octanol–water partition coefficient (Wildman–Crippen LogP) is 2.35. The molecule has 6 heteroatoms. The highest BCUT2D eigenvalue weighted by Crippen LogP contribution is 2.48. The maximum atomic E-state index is 12.5. The van der Waals surface area contributed by atoms with Crippen LogP contribution in [0.4, 0.5) is 4.79 Å². The highest BCUT2D eigenvalue weighted by molar-refractivity contribution is 6.05. The van der Waals surface area contributed by atoms with Crippen molar-refractivity contribution in [3.05, 3.63) is 22.8 Å². The van der Waals surface area contributed by atoms with E-state index in [0.29, 0.717) is 36.6 Å². The molecular weight excluding hydrogens is 286 g/mol. The molecule has 0 saturated carbocycles. The van der Waals surface area contributed by atoms with Crippen LogP contribution in [0.3, 0.4) is 0 Å². The topological polar surface area (TPSA) is 65.1 Å². The summed E-state index contributed by atoms with van der Waals surface area (Å²) in [6, 6.07) is 1.65. The first-order valence-corrected chi connectivity index (χ1v) is 7.36. The van der Waals surface area contributed by atoms with Crippen LogP contribution < -0.4 is 9.47 Å². The number of ether oxygens (including phenoxy) is 3. The molecule has 0 bridgehead atoms. The summed E-state index contributed by atoms with van der Waals surface area (Å²) in [7, 11) is 3.08. The average Bonchev–Trinajstić information content (AvgIpc) is 2.86. The largest absolute Gasteiger partial charge is 0.493 e. The molecule has 0 fully saturated rings. The van der Waals surface area contributed by atoms with Gasteiger partial charge in [0.15, 0.2) is 17.3 Å². The number of carbonyl (C=O) groups excluding carboxylic acids is 2. The third kappa shape index (κ3) is 2.01. The number of carbonyl (C=O) groups is 2. The van der Waals surface area contributed by atoms with Gasteiger partial charge in [0.2, 0.25) is 0 Å². The van der Waals surface area contributed by atoms with Gasteiger partial charge in [-0.15, -0.1) is 0 Å². The Bertz CT molecular complexity index is 640. The monoisotopic (exact) mass is 305 g/mol. The minimum Gasteiger partial charge on any atom is -0.493 e. The fraction of sp³-hybridized carbons (Fsp3) is 0.500. The predicted molar refractivity (Wildman–Crippen MR) is 78.7 cm³/mol. The van der Waals surface area contributed by atoms with Crippen LogP contribution in [0.1, 0.15) is 40.9 Å². The quantitative estimate of drug-likeness (QED) is 0.857.